The Balaban J connectivity index is 4.08. The molecule has 0 heterocycles. The molecule has 0 spiro atoms. The second-order valence-electron chi connectivity index (χ2n) is 26.9. The van der Waals surface area contributed by atoms with Gasteiger partial charge in [-0.05, 0) is 77.0 Å². The third-order valence-electron chi connectivity index (χ3n) is 16.9. The lowest BCUT2D eigenvalue weighted by Crippen LogP contribution is -2.40. The number of quaternary nitrogens is 1. The van der Waals surface area contributed by atoms with Crippen molar-refractivity contribution in [3.05, 3.63) is 97.2 Å². The number of allylic oxidation sites excluding steroid dienone is 16. The molecule has 1 N–H and O–H groups in total. The van der Waals surface area contributed by atoms with Crippen molar-refractivity contribution in [1.82, 2.24) is 0 Å². The van der Waals surface area contributed by atoms with E-state index in [0.29, 0.717) is 23.9 Å². The molecule has 9 nitrogen and oxygen atoms in total. The Morgan fingerprint density at radius 3 is 0.934 bits per heavy atom. The average molecular weight is 1270 g/mol. The third kappa shape index (κ3) is 73.5. The van der Waals surface area contributed by atoms with E-state index in [1.807, 2.05) is 21.1 Å². The molecule has 0 saturated carbocycles. The molecule has 0 rings (SSSR count). The lowest BCUT2D eigenvalue weighted by Gasteiger charge is -2.25. The molecule has 0 aliphatic carbocycles. The summed E-state index contributed by atoms with van der Waals surface area (Å²) < 4.78 is 23.0. The molecule has 0 aromatic carbocycles. The van der Waals surface area contributed by atoms with Gasteiger partial charge >= 0.3 is 17.9 Å². The van der Waals surface area contributed by atoms with Crippen LogP contribution < -0.4 is 0 Å². The zero-order chi connectivity index (χ0) is 66.1. The lowest BCUT2D eigenvalue weighted by atomic mass is 10.0. The number of unbranched alkanes of at least 4 members (excludes halogenated alkanes) is 40. The van der Waals surface area contributed by atoms with Crippen LogP contribution in [0, 0.1) is 0 Å². The number of nitrogens with zero attached hydrogens (tertiary/aromatic N) is 1. The molecule has 0 saturated heterocycles. The van der Waals surface area contributed by atoms with Crippen molar-refractivity contribution in [2.45, 2.75) is 360 Å². The Hall–Kier alpha value is -3.79. The van der Waals surface area contributed by atoms with Crippen LogP contribution in [0.15, 0.2) is 97.2 Å². The SMILES string of the molecule is CC/C=C\C/C=C\C/C=C\C/C=C\C/C=C\C/C=C\C/C=C\C/C=C\CCCCCCCCCCC(=O)OC(COC(=O)CCCCCCCCCCCCCCCCCCCCCCCCCCCCCCCCCCC)COC(OCC[N+](C)(C)C)C(=O)O. The van der Waals surface area contributed by atoms with Crippen molar-refractivity contribution in [2.75, 3.05) is 47.5 Å². The van der Waals surface area contributed by atoms with Crippen LogP contribution in [0.5, 0.6) is 0 Å². The first-order valence-corrected chi connectivity index (χ1v) is 38.4. The van der Waals surface area contributed by atoms with E-state index in [1.165, 1.54) is 218 Å². The zero-order valence-corrected chi connectivity index (χ0v) is 60.2. The number of esters is 2. The minimum atomic E-state index is -1.52. The maximum Gasteiger partial charge on any atom is 0.361 e. The topological polar surface area (TPSA) is 108 Å². The highest BCUT2D eigenvalue weighted by Crippen LogP contribution is 2.19. The molecular formula is C82H146NO8+. The van der Waals surface area contributed by atoms with Crippen LogP contribution in [-0.2, 0) is 33.3 Å². The minimum absolute atomic E-state index is 0.183. The number of likely N-dealkylation sites (N-methyl/N-ethyl adjacent to an activating group) is 1. The Morgan fingerprint density at radius 1 is 0.341 bits per heavy atom. The first-order chi connectivity index (χ1) is 44.6. The largest absolute Gasteiger partial charge is 0.477 e. The van der Waals surface area contributed by atoms with E-state index in [4.69, 9.17) is 18.9 Å². The summed E-state index contributed by atoms with van der Waals surface area (Å²) in [5.74, 6) is -2.00. The van der Waals surface area contributed by atoms with Gasteiger partial charge in [-0.3, -0.25) is 9.59 Å². The zero-order valence-electron chi connectivity index (χ0n) is 60.2. The second kappa shape index (κ2) is 72.0. The molecule has 0 aromatic rings. The number of carbonyl (C=O) groups excluding carboxylic acids is 2. The predicted molar refractivity (Wildman–Crippen MR) is 392 cm³/mol. The lowest BCUT2D eigenvalue weighted by molar-refractivity contribution is -0.870. The van der Waals surface area contributed by atoms with Crippen LogP contribution >= 0.6 is 0 Å². The highest BCUT2D eigenvalue weighted by atomic mass is 16.7. The predicted octanol–water partition coefficient (Wildman–Crippen LogP) is 24.4. The van der Waals surface area contributed by atoms with Crippen LogP contribution in [0.1, 0.15) is 348 Å². The van der Waals surface area contributed by atoms with Gasteiger partial charge in [-0.15, -0.1) is 0 Å². The third-order valence-corrected chi connectivity index (χ3v) is 16.9. The molecule has 9 heteroatoms. The number of carboxylic acid groups (broad SMARTS) is 1. The van der Waals surface area contributed by atoms with Crippen molar-refractivity contribution in [3.8, 4) is 0 Å². The van der Waals surface area contributed by atoms with Gasteiger partial charge in [0.1, 0.15) is 13.2 Å². The van der Waals surface area contributed by atoms with E-state index < -0.39 is 24.3 Å². The summed E-state index contributed by atoms with van der Waals surface area (Å²) in [6.07, 6.45) is 96.9. The molecule has 0 aliphatic rings. The summed E-state index contributed by atoms with van der Waals surface area (Å²) in [6.45, 7) is 4.80. The number of carboxylic acids is 1. The van der Waals surface area contributed by atoms with Crippen molar-refractivity contribution in [1.29, 1.82) is 0 Å². The number of ether oxygens (including phenoxy) is 4. The summed E-state index contributed by atoms with van der Waals surface area (Å²) in [4.78, 5) is 37.7. The van der Waals surface area contributed by atoms with Gasteiger partial charge in [-0.2, -0.15) is 0 Å². The van der Waals surface area contributed by atoms with Gasteiger partial charge in [0.15, 0.2) is 6.10 Å². The molecule has 0 aliphatic heterocycles. The van der Waals surface area contributed by atoms with E-state index in [0.717, 1.165) is 96.3 Å². The van der Waals surface area contributed by atoms with Crippen LogP contribution in [0.25, 0.3) is 0 Å². The summed E-state index contributed by atoms with van der Waals surface area (Å²) in [5.41, 5.74) is 0. The van der Waals surface area contributed by atoms with Gasteiger partial charge in [0.05, 0.1) is 34.4 Å². The van der Waals surface area contributed by atoms with Crippen molar-refractivity contribution in [2.24, 2.45) is 0 Å². The average Bonchev–Trinajstić information content (AvgIpc) is 3.46. The van der Waals surface area contributed by atoms with Crippen LogP contribution in [0.3, 0.4) is 0 Å². The maximum atomic E-state index is 13.0. The van der Waals surface area contributed by atoms with E-state index in [9.17, 15) is 19.5 Å². The van der Waals surface area contributed by atoms with Crippen molar-refractivity contribution >= 4 is 17.9 Å². The van der Waals surface area contributed by atoms with Gasteiger partial charge in [0.2, 0.25) is 0 Å². The fourth-order valence-corrected chi connectivity index (χ4v) is 11.0. The van der Waals surface area contributed by atoms with Gasteiger partial charge in [-0.25, -0.2) is 4.79 Å². The van der Waals surface area contributed by atoms with Crippen LogP contribution in [0.4, 0.5) is 0 Å². The number of rotatable bonds is 71. The minimum Gasteiger partial charge on any atom is -0.477 e. The fourth-order valence-electron chi connectivity index (χ4n) is 11.0. The molecule has 0 amide bonds. The maximum absolute atomic E-state index is 13.0. The second-order valence-corrected chi connectivity index (χ2v) is 26.9. The van der Waals surface area contributed by atoms with Crippen LogP contribution in [-0.4, -0.2) is 87.4 Å². The number of hydrogen-bond acceptors (Lipinski definition) is 7. The van der Waals surface area contributed by atoms with E-state index in [-0.39, 0.29) is 32.2 Å². The molecule has 0 fully saturated rings. The molecule has 0 bridgehead atoms. The Kier molecular flexibility index (Phi) is 69.0. The highest BCUT2D eigenvalue weighted by Gasteiger charge is 2.25. The molecule has 2 atom stereocenters. The molecular weight excluding hydrogens is 1130 g/mol. The quantitative estimate of drug-likeness (QED) is 0.0211. The van der Waals surface area contributed by atoms with E-state index >= 15 is 0 Å². The number of carbonyl (C=O) groups is 3. The monoisotopic (exact) mass is 1270 g/mol. The first kappa shape index (κ1) is 87.2. The molecule has 91 heavy (non-hydrogen) atoms. The summed E-state index contributed by atoms with van der Waals surface area (Å²) >= 11 is 0. The van der Waals surface area contributed by atoms with Gasteiger partial charge < -0.3 is 28.5 Å². The first-order valence-electron chi connectivity index (χ1n) is 38.4. The number of aliphatic carboxylic acids is 1. The van der Waals surface area contributed by atoms with E-state index in [1.54, 1.807) is 0 Å². The molecule has 2 unspecified atom stereocenters. The van der Waals surface area contributed by atoms with Crippen LogP contribution in [0.2, 0.25) is 0 Å². The molecule has 0 radical (unpaired) electrons. The van der Waals surface area contributed by atoms with Gasteiger partial charge in [-0.1, -0.05) is 355 Å². The summed E-state index contributed by atoms with van der Waals surface area (Å²) in [6, 6.07) is 0. The fraction of sp³-hybridized carbons (Fsp3) is 0.768. The van der Waals surface area contributed by atoms with Gasteiger partial charge in [0.25, 0.3) is 6.29 Å². The Bertz CT molecular complexity index is 1820. The smallest absolute Gasteiger partial charge is 0.361 e. The van der Waals surface area contributed by atoms with Crippen molar-refractivity contribution in [3.63, 3.8) is 0 Å². The molecule has 526 valence electrons. The normalized spacial score (nSPS) is 13.2. The Morgan fingerprint density at radius 2 is 0.626 bits per heavy atom. The summed E-state index contributed by atoms with van der Waals surface area (Å²) in [5, 5.41) is 9.76. The van der Waals surface area contributed by atoms with Crippen molar-refractivity contribution < 1.29 is 42.9 Å². The summed E-state index contributed by atoms with van der Waals surface area (Å²) in [7, 11) is 5.98. The highest BCUT2D eigenvalue weighted by molar-refractivity contribution is 5.71. The number of hydrogen-bond donors (Lipinski definition) is 1. The molecule has 0 aromatic heterocycles. The standard InChI is InChI=1S/C82H145NO8/c1-6-8-10-12-14-16-18-20-22-24-26-28-30-32-34-36-38-40-42-44-46-48-50-52-54-56-58-60-62-64-66-68-70-72-79(84)89-76-78(77-90-82(81(86)87)88-75-74-83(3,4)5)91-80(85)73-71-69-67-65-63-61-59-57-55-53-51-49-47-45-43-41-39-37-35-33-31-29-27-25-23-21-19-17-15-13-11-9-7-2/h9,11,15,17,21,23,27,29,33,35,39,41,45,47,51,53,78,82H,6-8,10,12-14,16,18-20,22,24-26,28,30-32,34,36-38,40,42-44,46,48-50,52,54-77H2,1-5H3/p+1/b11-9-,17-15-,23-21-,29-27-,35-33-,41-39-,47-45-,53-51-. The van der Waals surface area contributed by atoms with Gasteiger partial charge in [0, 0.05) is 12.8 Å². The van der Waals surface area contributed by atoms with E-state index in [2.05, 4.69) is 111 Å². The Labute approximate surface area is 562 Å².